The summed E-state index contributed by atoms with van der Waals surface area (Å²) in [6.45, 7) is 0. The SMILES string of the molecule is COc1ccc(/C(=C\c2ccccc2C=Cc2ccccc2C=Cc2ccccc2/C=C(/c2ccccc2)c2ccc(OC)cc2)c2ccccc2)cc1. The third-order valence-electron chi connectivity index (χ3n) is 9.44. The van der Waals surface area contributed by atoms with E-state index in [4.69, 9.17) is 9.47 Å². The molecule has 0 saturated heterocycles. The molecule has 2 nitrogen and oxygen atoms in total. The molecular formula is C52H42O2. The van der Waals surface area contributed by atoms with Gasteiger partial charge in [-0.05, 0) is 103 Å². The van der Waals surface area contributed by atoms with Crippen molar-refractivity contribution in [3.8, 4) is 11.5 Å². The molecule has 54 heavy (non-hydrogen) atoms. The number of hydrogen-bond acceptors (Lipinski definition) is 2. The van der Waals surface area contributed by atoms with Crippen molar-refractivity contribution in [3.05, 3.63) is 238 Å². The number of ether oxygens (including phenoxy) is 2. The third-order valence-corrected chi connectivity index (χ3v) is 9.44. The highest BCUT2D eigenvalue weighted by Crippen LogP contribution is 2.31. The molecular weight excluding hydrogens is 657 g/mol. The predicted octanol–water partition coefficient (Wildman–Crippen LogP) is 13.2. The van der Waals surface area contributed by atoms with Crippen LogP contribution in [-0.2, 0) is 0 Å². The second kappa shape index (κ2) is 17.5. The average Bonchev–Trinajstić information content (AvgIpc) is 3.25. The van der Waals surface area contributed by atoms with Gasteiger partial charge in [-0.2, -0.15) is 0 Å². The van der Waals surface area contributed by atoms with E-state index in [1.54, 1.807) is 14.2 Å². The summed E-state index contributed by atoms with van der Waals surface area (Å²) in [6.07, 6.45) is 13.4. The monoisotopic (exact) mass is 698 g/mol. The molecule has 0 radical (unpaired) electrons. The van der Waals surface area contributed by atoms with Crippen LogP contribution in [0.5, 0.6) is 11.5 Å². The third kappa shape index (κ3) is 8.75. The Balaban J connectivity index is 1.21. The molecule has 0 bridgehead atoms. The maximum Gasteiger partial charge on any atom is 0.118 e. The first-order chi connectivity index (χ1) is 26.7. The Morgan fingerprint density at radius 2 is 0.556 bits per heavy atom. The zero-order valence-electron chi connectivity index (χ0n) is 30.6. The molecule has 0 N–H and O–H groups in total. The lowest BCUT2D eigenvalue weighted by atomic mass is 9.93. The van der Waals surface area contributed by atoms with E-state index in [2.05, 4.69) is 194 Å². The molecule has 0 amide bonds. The Kier molecular flexibility index (Phi) is 11.5. The minimum Gasteiger partial charge on any atom is -0.497 e. The van der Waals surface area contributed by atoms with Crippen LogP contribution in [0.25, 0.3) is 47.6 Å². The van der Waals surface area contributed by atoms with Gasteiger partial charge in [0, 0.05) is 0 Å². The van der Waals surface area contributed by atoms with Crippen molar-refractivity contribution >= 4 is 47.6 Å². The highest BCUT2D eigenvalue weighted by molar-refractivity contribution is 5.95. The molecule has 0 aliphatic heterocycles. The summed E-state index contributed by atoms with van der Waals surface area (Å²) in [7, 11) is 3.39. The van der Waals surface area contributed by atoms with E-state index < -0.39 is 0 Å². The summed E-state index contributed by atoms with van der Waals surface area (Å²) < 4.78 is 10.9. The number of methoxy groups -OCH3 is 2. The standard InChI is InChI=1S/C52H42O2/c1-53-49-33-29-45(30-34-49)51(43-19-5-3-6-20-43)37-47-23-13-11-17-41(47)27-25-39-15-9-10-16-40(39)26-28-42-18-12-14-24-48(42)38-52(44-21-7-4-8-22-44)46-31-35-50(54-2)36-32-46/h3-38H,1-2H3/b27-25?,28-26?,51-37-,52-38-. The van der Waals surface area contributed by atoms with Gasteiger partial charge in [-0.3, -0.25) is 0 Å². The van der Waals surface area contributed by atoms with Gasteiger partial charge >= 0.3 is 0 Å². The molecule has 7 aromatic carbocycles. The predicted molar refractivity (Wildman–Crippen MR) is 230 cm³/mol. The molecule has 0 spiro atoms. The molecule has 7 rings (SSSR count). The van der Waals surface area contributed by atoms with Crippen LogP contribution in [0.4, 0.5) is 0 Å². The van der Waals surface area contributed by atoms with Crippen LogP contribution in [0.2, 0.25) is 0 Å². The van der Waals surface area contributed by atoms with Crippen LogP contribution in [0.1, 0.15) is 55.6 Å². The Labute approximate surface area is 319 Å². The van der Waals surface area contributed by atoms with Gasteiger partial charge in [0.05, 0.1) is 14.2 Å². The van der Waals surface area contributed by atoms with Gasteiger partial charge in [0.2, 0.25) is 0 Å². The topological polar surface area (TPSA) is 18.5 Å². The Bertz CT molecular complexity index is 2240. The minimum absolute atomic E-state index is 0.840. The van der Waals surface area contributed by atoms with E-state index in [0.717, 1.165) is 78.3 Å². The fourth-order valence-electron chi connectivity index (χ4n) is 6.52. The summed E-state index contributed by atoms with van der Waals surface area (Å²) in [5, 5.41) is 0. The molecule has 0 aromatic heterocycles. The molecule has 7 aromatic rings. The molecule has 0 aliphatic rings. The Hall–Kier alpha value is -6.90. The quantitative estimate of drug-likeness (QED) is 0.118. The van der Waals surface area contributed by atoms with E-state index in [9.17, 15) is 0 Å². The summed E-state index contributed by atoms with van der Waals surface area (Å²) in [6, 6.07) is 63.2. The second-order valence-corrected chi connectivity index (χ2v) is 12.9. The van der Waals surface area contributed by atoms with Crippen LogP contribution in [0.15, 0.2) is 182 Å². The van der Waals surface area contributed by atoms with Gasteiger partial charge in [-0.25, -0.2) is 0 Å². The van der Waals surface area contributed by atoms with Crippen LogP contribution >= 0.6 is 0 Å². The van der Waals surface area contributed by atoms with Gasteiger partial charge in [-0.15, -0.1) is 0 Å². The van der Waals surface area contributed by atoms with E-state index in [0.29, 0.717) is 0 Å². The van der Waals surface area contributed by atoms with Crippen LogP contribution in [-0.4, -0.2) is 14.2 Å². The van der Waals surface area contributed by atoms with Gasteiger partial charge in [0.25, 0.3) is 0 Å². The van der Waals surface area contributed by atoms with Crippen molar-refractivity contribution in [1.82, 2.24) is 0 Å². The zero-order chi connectivity index (χ0) is 37.0. The first-order valence-electron chi connectivity index (χ1n) is 18.1. The maximum atomic E-state index is 5.44. The molecule has 262 valence electrons. The molecule has 0 saturated carbocycles. The summed E-state index contributed by atoms with van der Waals surface area (Å²) in [5.74, 6) is 1.68. The van der Waals surface area contributed by atoms with Crippen molar-refractivity contribution < 1.29 is 9.47 Å². The lowest BCUT2D eigenvalue weighted by molar-refractivity contribution is 0.414. The molecule has 0 aliphatic carbocycles. The zero-order valence-corrected chi connectivity index (χ0v) is 30.6. The average molecular weight is 699 g/mol. The van der Waals surface area contributed by atoms with Gasteiger partial charge in [0.1, 0.15) is 11.5 Å². The number of benzene rings is 7. The minimum atomic E-state index is 0.840. The van der Waals surface area contributed by atoms with Gasteiger partial charge in [-0.1, -0.05) is 182 Å². The lowest BCUT2D eigenvalue weighted by Gasteiger charge is -2.11. The number of hydrogen-bond donors (Lipinski definition) is 0. The second-order valence-electron chi connectivity index (χ2n) is 12.9. The van der Waals surface area contributed by atoms with Crippen molar-refractivity contribution in [2.75, 3.05) is 14.2 Å². The fraction of sp³-hybridized carbons (Fsp3) is 0.0385. The highest BCUT2D eigenvalue weighted by Gasteiger charge is 2.09. The molecule has 0 atom stereocenters. The van der Waals surface area contributed by atoms with E-state index in [-0.39, 0.29) is 0 Å². The smallest absolute Gasteiger partial charge is 0.118 e. The summed E-state index contributed by atoms with van der Waals surface area (Å²) in [5.41, 5.74) is 13.7. The van der Waals surface area contributed by atoms with Gasteiger partial charge < -0.3 is 9.47 Å². The highest BCUT2D eigenvalue weighted by atomic mass is 16.5. The Morgan fingerprint density at radius 1 is 0.296 bits per heavy atom. The van der Waals surface area contributed by atoms with E-state index in [1.165, 1.54) is 0 Å². The molecule has 0 fully saturated rings. The van der Waals surface area contributed by atoms with Crippen molar-refractivity contribution in [2.24, 2.45) is 0 Å². The van der Waals surface area contributed by atoms with Gasteiger partial charge in [0.15, 0.2) is 0 Å². The normalized spacial score (nSPS) is 12.0. The van der Waals surface area contributed by atoms with Crippen molar-refractivity contribution in [1.29, 1.82) is 0 Å². The van der Waals surface area contributed by atoms with Crippen LogP contribution in [0.3, 0.4) is 0 Å². The van der Waals surface area contributed by atoms with Crippen LogP contribution < -0.4 is 9.47 Å². The lowest BCUT2D eigenvalue weighted by Crippen LogP contribution is -1.91. The van der Waals surface area contributed by atoms with E-state index >= 15 is 0 Å². The first kappa shape index (κ1) is 35.5. The molecule has 2 heteroatoms. The summed E-state index contributed by atoms with van der Waals surface area (Å²) in [4.78, 5) is 0. The van der Waals surface area contributed by atoms with Crippen LogP contribution in [0, 0.1) is 0 Å². The molecule has 0 unspecified atom stereocenters. The van der Waals surface area contributed by atoms with Crippen molar-refractivity contribution in [3.63, 3.8) is 0 Å². The number of rotatable bonds is 12. The molecule has 0 heterocycles. The summed E-state index contributed by atoms with van der Waals surface area (Å²) >= 11 is 0. The first-order valence-corrected chi connectivity index (χ1v) is 18.1. The fourth-order valence-corrected chi connectivity index (χ4v) is 6.52. The Morgan fingerprint density at radius 3 is 0.870 bits per heavy atom. The van der Waals surface area contributed by atoms with Crippen molar-refractivity contribution in [2.45, 2.75) is 0 Å². The largest absolute Gasteiger partial charge is 0.497 e. The maximum absolute atomic E-state index is 5.44. The van der Waals surface area contributed by atoms with E-state index in [1.807, 2.05) is 24.3 Å².